The van der Waals surface area contributed by atoms with Crippen molar-refractivity contribution in [2.75, 3.05) is 0 Å². The van der Waals surface area contributed by atoms with Gasteiger partial charge in [-0.25, -0.2) is 0 Å². The second-order valence-corrected chi connectivity index (χ2v) is 5.03. The van der Waals surface area contributed by atoms with Crippen molar-refractivity contribution >= 4 is 17.7 Å². The molecule has 0 aliphatic rings. The summed E-state index contributed by atoms with van der Waals surface area (Å²) in [6.07, 6.45) is 0.987. The van der Waals surface area contributed by atoms with Crippen LogP contribution in [0.3, 0.4) is 0 Å². The quantitative estimate of drug-likeness (QED) is 0.833. The maximum atomic E-state index is 11.1. The number of carboxylic acid groups (broad SMARTS) is 1. The SMILES string of the molecule is CCC(C)SC(C(=O)O)c1ccccc1. The van der Waals surface area contributed by atoms with E-state index in [1.54, 1.807) is 0 Å². The molecule has 15 heavy (non-hydrogen) atoms. The fraction of sp³-hybridized carbons (Fsp3) is 0.417. The fourth-order valence-electron chi connectivity index (χ4n) is 1.24. The van der Waals surface area contributed by atoms with Crippen LogP contribution in [0.5, 0.6) is 0 Å². The van der Waals surface area contributed by atoms with Gasteiger partial charge in [0, 0.05) is 5.25 Å². The molecule has 0 heterocycles. The molecule has 0 aliphatic heterocycles. The van der Waals surface area contributed by atoms with Crippen molar-refractivity contribution in [2.24, 2.45) is 0 Å². The average Bonchev–Trinajstić information content (AvgIpc) is 2.26. The van der Waals surface area contributed by atoms with Crippen LogP contribution in [-0.4, -0.2) is 16.3 Å². The maximum Gasteiger partial charge on any atom is 0.321 e. The van der Waals surface area contributed by atoms with Crippen LogP contribution in [0.2, 0.25) is 0 Å². The summed E-state index contributed by atoms with van der Waals surface area (Å²) in [6.45, 7) is 4.13. The molecular weight excluding hydrogens is 208 g/mol. The molecule has 1 N–H and O–H groups in total. The van der Waals surface area contributed by atoms with Gasteiger partial charge in [-0.2, -0.15) is 0 Å². The van der Waals surface area contributed by atoms with Crippen LogP contribution in [-0.2, 0) is 4.79 Å². The topological polar surface area (TPSA) is 37.3 Å². The van der Waals surface area contributed by atoms with E-state index in [0.717, 1.165) is 12.0 Å². The zero-order valence-corrected chi connectivity index (χ0v) is 9.83. The third-order valence-corrected chi connectivity index (χ3v) is 3.81. The zero-order chi connectivity index (χ0) is 11.3. The Morgan fingerprint density at radius 1 is 1.40 bits per heavy atom. The largest absolute Gasteiger partial charge is 0.480 e. The molecule has 0 saturated heterocycles. The molecule has 0 amide bonds. The molecule has 3 heteroatoms. The standard InChI is InChI=1S/C12H16O2S/c1-3-9(2)15-11(12(13)14)10-7-5-4-6-8-10/h4-9,11H,3H2,1-2H3,(H,13,14). The summed E-state index contributed by atoms with van der Waals surface area (Å²) < 4.78 is 0. The van der Waals surface area contributed by atoms with E-state index in [9.17, 15) is 4.79 Å². The minimum Gasteiger partial charge on any atom is -0.480 e. The predicted molar refractivity (Wildman–Crippen MR) is 64.2 cm³/mol. The summed E-state index contributed by atoms with van der Waals surface area (Å²) in [5.41, 5.74) is 0.871. The molecule has 2 atom stereocenters. The van der Waals surface area contributed by atoms with E-state index in [0.29, 0.717) is 5.25 Å². The molecule has 0 fully saturated rings. The van der Waals surface area contributed by atoms with E-state index in [2.05, 4.69) is 13.8 Å². The average molecular weight is 224 g/mol. The summed E-state index contributed by atoms with van der Waals surface area (Å²) in [5.74, 6) is -0.758. The Balaban J connectivity index is 2.80. The van der Waals surface area contributed by atoms with Crippen molar-refractivity contribution < 1.29 is 9.90 Å². The number of thioether (sulfide) groups is 1. The molecule has 2 unspecified atom stereocenters. The lowest BCUT2D eigenvalue weighted by molar-refractivity contribution is -0.136. The van der Waals surface area contributed by atoms with Gasteiger partial charge in [0.2, 0.25) is 0 Å². The molecule has 0 aliphatic carbocycles. The number of benzene rings is 1. The first kappa shape index (κ1) is 12.1. The van der Waals surface area contributed by atoms with E-state index in [1.165, 1.54) is 11.8 Å². The number of hydrogen-bond acceptors (Lipinski definition) is 2. The number of aliphatic carboxylic acids is 1. The van der Waals surface area contributed by atoms with E-state index in [1.807, 2.05) is 30.3 Å². The fourth-order valence-corrected chi connectivity index (χ4v) is 2.32. The van der Waals surface area contributed by atoms with E-state index < -0.39 is 11.2 Å². The van der Waals surface area contributed by atoms with Crippen LogP contribution < -0.4 is 0 Å². The van der Waals surface area contributed by atoms with E-state index in [4.69, 9.17) is 5.11 Å². The Morgan fingerprint density at radius 3 is 2.47 bits per heavy atom. The number of rotatable bonds is 5. The summed E-state index contributed by atoms with van der Waals surface area (Å²) in [6, 6.07) is 9.39. The Labute approximate surface area is 94.7 Å². The third-order valence-electron chi connectivity index (χ3n) is 2.27. The molecular formula is C12H16O2S. The zero-order valence-electron chi connectivity index (χ0n) is 9.01. The van der Waals surface area contributed by atoms with Gasteiger partial charge in [-0.15, -0.1) is 11.8 Å². The molecule has 0 radical (unpaired) electrons. The molecule has 0 saturated carbocycles. The monoisotopic (exact) mass is 224 g/mol. The summed E-state index contributed by atoms with van der Waals surface area (Å²) in [7, 11) is 0. The minimum atomic E-state index is -0.758. The highest BCUT2D eigenvalue weighted by atomic mass is 32.2. The van der Waals surface area contributed by atoms with Crippen LogP contribution in [0.15, 0.2) is 30.3 Å². The van der Waals surface area contributed by atoms with Crippen LogP contribution in [0.1, 0.15) is 31.1 Å². The third kappa shape index (κ3) is 3.59. The van der Waals surface area contributed by atoms with Crippen molar-refractivity contribution in [3.05, 3.63) is 35.9 Å². The van der Waals surface area contributed by atoms with Gasteiger partial charge in [0.1, 0.15) is 5.25 Å². The molecule has 1 rings (SSSR count). The van der Waals surface area contributed by atoms with Crippen LogP contribution in [0.25, 0.3) is 0 Å². The van der Waals surface area contributed by atoms with Gasteiger partial charge in [-0.3, -0.25) is 4.79 Å². The predicted octanol–water partition coefficient (Wildman–Crippen LogP) is 3.34. The van der Waals surface area contributed by atoms with Gasteiger partial charge in [-0.05, 0) is 12.0 Å². The minimum absolute atomic E-state index is 0.367. The molecule has 1 aromatic carbocycles. The van der Waals surface area contributed by atoms with Crippen molar-refractivity contribution in [2.45, 2.75) is 30.8 Å². The van der Waals surface area contributed by atoms with Crippen molar-refractivity contribution in [3.8, 4) is 0 Å². The highest BCUT2D eigenvalue weighted by molar-refractivity contribution is 8.00. The summed E-state index contributed by atoms with van der Waals surface area (Å²) >= 11 is 1.51. The molecule has 0 bridgehead atoms. The Kier molecular flexibility index (Phi) is 4.69. The van der Waals surface area contributed by atoms with Gasteiger partial charge < -0.3 is 5.11 Å². The summed E-state index contributed by atoms with van der Waals surface area (Å²) in [5, 5.41) is 9.07. The first-order chi connectivity index (χ1) is 7.15. The first-order valence-electron chi connectivity index (χ1n) is 5.08. The molecule has 0 aromatic heterocycles. The van der Waals surface area contributed by atoms with Gasteiger partial charge in [0.25, 0.3) is 0 Å². The Hall–Kier alpha value is -0.960. The first-order valence-corrected chi connectivity index (χ1v) is 6.02. The molecule has 82 valence electrons. The van der Waals surface area contributed by atoms with Gasteiger partial charge >= 0.3 is 5.97 Å². The van der Waals surface area contributed by atoms with Gasteiger partial charge in [0.15, 0.2) is 0 Å². The number of carboxylic acids is 1. The second-order valence-electron chi connectivity index (χ2n) is 3.48. The normalized spacial score (nSPS) is 14.5. The van der Waals surface area contributed by atoms with Crippen molar-refractivity contribution in [1.29, 1.82) is 0 Å². The van der Waals surface area contributed by atoms with Gasteiger partial charge in [0.05, 0.1) is 0 Å². The van der Waals surface area contributed by atoms with Gasteiger partial charge in [-0.1, -0.05) is 44.2 Å². The summed E-state index contributed by atoms with van der Waals surface area (Å²) in [4.78, 5) is 11.1. The van der Waals surface area contributed by atoms with Crippen LogP contribution in [0.4, 0.5) is 0 Å². The Bertz CT molecular complexity index is 311. The highest BCUT2D eigenvalue weighted by Gasteiger charge is 2.21. The second kappa shape index (κ2) is 5.81. The van der Waals surface area contributed by atoms with Crippen LogP contribution >= 0.6 is 11.8 Å². The smallest absolute Gasteiger partial charge is 0.321 e. The highest BCUT2D eigenvalue weighted by Crippen LogP contribution is 2.33. The lowest BCUT2D eigenvalue weighted by Gasteiger charge is -2.16. The Morgan fingerprint density at radius 2 is 2.00 bits per heavy atom. The number of carbonyl (C=O) groups is 1. The van der Waals surface area contributed by atoms with Crippen LogP contribution in [0, 0.1) is 0 Å². The molecule has 1 aromatic rings. The lowest BCUT2D eigenvalue weighted by atomic mass is 10.1. The van der Waals surface area contributed by atoms with E-state index in [-0.39, 0.29) is 0 Å². The van der Waals surface area contributed by atoms with Crippen molar-refractivity contribution in [3.63, 3.8) is 0 Å². The van der Waals surface area contributed by atoms with E-state index >= 15 is 0 Å². The molecule has 0 spiro atoms. The maximum absolute atomic E-state index is 11.1. The lowest BCUT2D eigenvalue weighted by Crippen LogP contribution is -2.11. The van der Waals surface area contributed by atoms with Crippen molar-refractivity contribution in [1.82, 2.24) is 0 Å². The number of hydrogen-bond donors (Lipinski definition) is 1. The molecule has 2 nitrogen and oxygen atoms in total.